The van der Waals surface area contributed by atoms with Crippen LogP contribution in [0, 0.1) is 11.3 Å². The first-order valence-corrected chi connectivity index (χ1v) is 6.84. The molecule has 1 aromatic heterocycles. The van der Waals surface area contributed by atoms with Gasteiger partial charge in [-0.25, -0.2) is 0 Å². The van der Waals surface area contributed by atoms with Crippen LogP contribution in [0.5, 0.6) is 0 Å². The topological polar surface area (TPSA) is 23.8 Å². The predicted octanol–water partition coefficient (Wildman–Crippen LogP) is 4.95. The van der Waals surface area contributed by atoms with Gasteiger partial charge in [0.2, 0.25) is 0 Å². The molecule has 0 saturated carbocycles. The molecule has 0 spiro atoms. The van der Waals surface area contributed by atoms with Gasteiger partial charge < -0.3 is 0 Å². The Morgan fingerprint density at radius 3 is 1.84 bits per heavy atom. The molecule has 90 valence electrons. The first-order chi connectivity index (χ1) is 9.36. The zero-order valence-electron chi connectivity index (χ0n) is 10.2. The number of rotatable bonds is 2. The Balaban J connectivity index is 1.95. The van der Waals surface area contributed by atoms with Gasteiger partial charge in [0.1, 0.15) is 0 Å². The maximum Gasteiger partial charge on any atom is 0.0991 e. The molecule has 0 radical (unpaired) electrons. The van der Waals surface area contributed by atoms with E-state index >= 15 is 0 Å². The summed E-state index contributed by atoms with van der Waals surface area (Å²) in [7, 11) is 0. The van der Waals surface area contributed by atoms with Crippen LogP contribution in [-0.4, -0.2) is 0 Å². The molecule has 2 heteroatoms. The minimum Gasteiger partial charge on any atom is -0.192 e. The molecule has 0 saturated heterocycles. The Kier molecular flexibility index (Phi) is 3.14. The zero-order chi connectivity index (χ0) is 13.1. The van der Waals surface area contributed by atoms with Gasteiger partial charge in [-0.2, -0.15) is 5.26 Å². The standard InChI is InChI=1S/C17H11NS/c18-12-13-6-8-15(9-7-13)17-11-10-16(19-17)14-4-2-1-3-5-14/h1-11H. The number of nitriles is 1. The second kappa shape index (κ2) is 5.09. The van der Waals surface area contributed by atoms with Crippen LogP contribution in [0.3, 0.4) is 0 Å². The second-order valence-corrected chi connectivity index (χ2v) is 5.30. The van der Waals surface area contributed by atoms with E-state index in [4.69, 9.17) is 5.26 Å². The highest BCUT2D eigenvalue weighted by Crippen LogP contribution is 2.34. The summed E-state index contributed by atoms with van der Waals surface area (Å²) in [5.74, 6) is 0. The third-order valence-corrected chi connectivity index (χ3v) is 4.15. The molecule has 0 atom stereocenters. The van der Waals surface area contributed by atoms with Crippen molar-refractivity contribution in [3.63, 3.8) is 0 Å². The summed E-state index contributed by atoms with van der Waals surface area (Å²) in [5, 5.41) is 8.80. The van der Waals surface area contributed by atoms with Gasteiger partial charge in [0.15, 0.2) is 0 Å². The lowest BCUT2D eigenvalue weighted by Crippen LogP contribution is -1.74. The molecule has 0 aliphatic carbocycles. The van der Waals surface area contributed by atoms with E-state index < -0.39 is 0 Å². The highest BCUT2D eigenvalue weighted by Gasteiger charge is 2.04. The summed E-state index contributed by atoms with van der Waals surface area (Å²) in [5.41, 5.74) is 3.10. The van der Waals surface area contributed by atoms with Crippen molar-refractivity contribution < 1.29 is 0 Å². The van der Waals surface area contributed by atoms with Crippen LogP contribution in [0.2, 0.25) is 0 Å². The average molecular weight is 261 g/mol. The predicted molar refractivity (Wildman–Crippen MR) is 79.9 cm³/mol. The molecule has 1 nitrogen and oxygen atoms in total. The number of hydrogen-bond acceptors (Lipinski definition) is 2. The normalized spacial score (nSPS) is 10.1. The lowest BCUT2D eigenvalue weighted by Gasteiger charge is -1.97. The summed E-state index contributed by atoms with van der Waals surface area (Å²) in [6.45, 7) is 0. The van der Waals surface area contributed by atoms with Crippen molar-refractivity contribution in [3.05, 3.63) is 72.3 Å². The summed E-state index contributed by atoms with van der Waals surface area (Å²) in [6.07, 6.45) is 0. The molecule has 0 N–H and O–H groups in total. The SMILES string of the molecule is N#Cc1ccc(-c2ccc(-c3ccccc3)s2)cc1. The Labute approximate surface area is 116 Å². The highest BCUT2D eigenvalue weighted by molar-refractivity contribution is 7.18. The fourth-order valence-electron chi connectivity index (χ4n) is 1.96. The molecule has 3 rings (SSSR count). The largest absolute Gasteiger partial charge is 0.192 e. The van der Waals surface area contributed by atoms with E-state index in [-0.39, 0.29) is 0 Å². The van der Waals surface area contributed by atoms with Crippen LogP contribution < -0.4 is 0 Å². The van der Waals surface area contributed by atoms with E-state index in [0.29, 0.717) is 5.56 Å². The molecular formula is C17H11NS. The second-order valence-electron chi connectivity index (χ2n) is 4.22. The van der Waals surface area contributed by atoms with E-state index in [1.807, 2.05) is 30.3 Å². The van der Waals surface area contributed by atoms with Crippen LogP contribution in [-0.2, 0) is 0 Å². The summed E-state index contributed by atoms with van der Waals surface area (Å²) < 4.78 is 0. The van der Waals surface area contributed by atoms with Gasteiger partial charge in [-0.05, 0) is 35.4 Å². The van der Waals surface area contributed by atoms with Crippen LogP contribution in [0.1, 0.15) is 5.56 Å². The number of thiophene rings is 1. The first kappa shape index (κ1) is 11.7. The van der Waals surface area contributed by atoms with Gasteiger partial charge in [-0.1, -0.05) is 42.5 Å². The lowest BCUT2D eigenvalue weighted by molar-refractivity contribution is 1.49. The maximum atomic E-state index is 8.80. The van der Waals surface area contributed by atoms with Crippen molar-refractivity contribution in [2.24, 2.45) is 0 Å². The number of benzene rings is 2. The molecule has 0 bridgehead atoms. The molecule has 0 unspecified atom stereocenters. The van der Waals surface area contributed by atoms with Crippen LogP contribution in [0.4, 0.5) is 0 Å². The minimum absolute atomic E-state index is 0.698. The minimum atomic E-state index is 0.698. The van der Waals surface area contributed by atoms with Crippen LogP contribution >= 0.6 is 11.3 Å². The Morgan fingerprint density at radius 1 is 0.684 bits per heavy atom. The monoisotopic (exact) mass is 261 g/mol. The Hall–Kier alpha value is -2.37. The van der Waals surface area contributed by atoms with Crippen molar-refractivity contribution >= 4 is 11.3 Å². The summed E-state index contributed by atoms with van der Waals surface area (Å²) in [4.78, 5) is 2.49. The first-order valence-electron chi connectivity index (χ1n) is 6.02. The van der Waals surface area contributed by atoms with Crippen molar-refractivity contribution in [1.82, 2.24) is 0 Å². The Morgan fingerprint density at radius 2 is 1.26 bits per heavy atom. The molecule has 3 aromatic rings. The van der Waals surface area contributed by atoms with Gasteiger partial charge in [0.25, 0.3) is 0 Å². The van der Waals surface area contributed by atoms with E-state index in [0.717, 1.165) is 5.56 Å². The zero-order valence-corrected chi connectivity index (χ0v) is 11.0. The molecular weight excluding hydrogens is 250 g/mol. The van der Waals surface area contributed by atoms with Crippen LogP contribution in [0.15, 0.2) is 66.7 Å². The third kappa shape index (κ3) is 2.42. The Bertz CT molecular complexity index is 718. The van der Waals surface area contributed by atoms with Gasteiger partial charge in [-0.3, -0.25) is 0 Å². The van der Waals surface area contributed by atoms with Crippen molar-refractivity contribution in [2.75, 3.05) is 0 Å². The van der Waals surface area contributed by atoms with Crippen molar-refractivity contribution in [2.45, 2.75) is 0 Å². The van der Waals surface area contributed by atoms with Crippen LogP contribution in [0.25, 0.3) is 20.9 Å². The molecule has 0 aliphatic heterocycles. The van der Waals surface area contributed by atoms with Gasteiger partial charge in [0, 0.05) is 9.75 Å². The molecule has 1 heterocycles. The van der Waals surface area contributed by atoms with E-state index in [1.54, 1.807) is 11.3 Å². The smallest absolute Gasteiger partial charge is 0.0991 e. The lowest BCUT2D eigenvalue weighted by atomic mass is 10.1. The number of nitrogens with zero attached hydrogens (tertiary/aromatic N) is 1. The molecule has 0 amide bonds. The highest BCUT2D eigenvalue weighted by atomic mass is 32.1. The van der Waals surface area contributed by atoms with Gasteiger partial charge in [-0.15, -0.1) is 11.3 Å². The molecule has 2 aromatic carbocycles. The van der Waals surface area contributed by atoms with E-state index in [9.17, 15) is 0 Å². The van der Waals surface area contributed by atoms with Crippen molar-refractivity contribution in [1.29, 1.82) is 5.26 Å². The van der Waals surface area contributed by atoms with E-state index in [1.165, 1.54) is 15.3 Å². The molecule has 19 heavy (non-hydrogen) atoms. The number of hydrogen-bond donors (Lipinski definition) is 0. The van der Waals surface area contributed by atoms with Gasteiger partial charge >= 0.3 is 0 Å². The van der Waals surface area contributed by atoms with E-state index in [2.05, 4.69) is 42.5 Å². The fourth-order valence-corrected chi connectivity index (χ4v) is 2.98. The van der Waals surface area contributed by atoms with Gasteiger partial charge in [0.05, 0.1) is 11.6 Å². The average Bonchev–Trinajstić information content (AvgIpc) is 2.98. The summed E-state index contributed by atoms with van der Waals surface area (Å²) >= 11 is 1.77. The third-order valence-electron chi connectivity index (χ3n) is 2.96. The summed E-state index contributed by atoms with van der Waals surface area (Å²) in [6, 6.07) is 24.5. The van der Waals surface area contributed by atoms with Crippen molar-refractivity contribution in [3.8, 4) is 27.0 Å². The molecule has 0 fully saturated rings. The fraction of sp³-hybridized carbons (Fsp3) is 0. The molecule has 0 aliphatic rings. The maximum absolute atomic E-state index is 8.80. The quantitative estimate of drug-likeness (QED) is 0.640.